The molecule has 1 unspecified atom stereocenters. The van der Waals surface area contributed by atoms with E-state index in [0.717, 1.165) is 38.5 Å². The van der Waals surface area contributed by atoms with E-state index in [2.05, 4.69) is 25.2 Å². The van der Waals surface area contributed by atoms with Gasteiger partial charge in [-0.05, 0) is 31.6 Å². The average molecular weight is 250 g/mol. The van der Waals surface area contributed by atoms with Gasteiger partial charge in [0.2, 0.25) is 5.91 Å². The van der Waals surface area contributed by atoms with Gasteiger partial charge in [-0.25, -0.2) is 0 Å². The Morgan fingerprint density at radius 2 is 2.00 bits per heavy atom. The van der Waals surface area contributed by atoms with Gasteiger partial charge in [-0.15, -0.1) is 0 Å². The number of carbonyl (C=O) groups excluding carboxylic acids is 1. The van der Waals surface area contributed by atoms with Crippen LogP contribution in [0.1, 0.15) is 65.7 Å². The minimum absolute atomic E-state index is 0.0205. The molecule has 0 heterocycles. The van der Waals surface area contributed by atoms with Crippen LogP contribution >= 0.6 is 0 Å². The smallest absolute Gasteiger partial charge is 0.226 e. The zero-order valence-corrected chi connectivity index (χ0v) is 12.0. The maximum Gasteiger partial charge on any atom is 0.226 e. The lowest BCUT2D eigenvalue weighted by atomic mass is 9.77. The number of nitrogens with zero attached hydrogens (tertiary/aromatic N) is 1. The normalized spacial score (nSPS) is 19.5. The Bertz CT molecular complexity index is 311. The molecular weight excluding hydrogens is 224 g/mol. The van der Waals surface area contributed by atoms with E-state index in [1.165, 1.54) is 0 Å². The molecule has 1 N–H and O–H groups in total. The second-order valence-electron chi connectivity index (χ2n) is 6.03. The van der Waals surface area contributed by atoms with Gasteiger partial charge in [-0.2, -0.15) is 5.26 Å². The molecule has 0 spiro atoms. The summed E-state index contributed by atoms with van der Waals surface area (Å²) in [5.41, 5.74) is -0.156. The lowest BCUT2D eigenvalue weighted by Crippen LogP contribution is -2.44. The van der Waals surface area contributed by atoms with E-state index in [9.17, 15) is 4.79 Å². The van der Waals surface area contributed by atoms with Crippen molar-refractivity contribution in [2.24, 2.45) is 11.3 Å². The molecule has 18 heavy (non-hydrogen) atoms. The molecule has 0 aromatic carbocycles. The van der Waals surface area contributed by atoms with E-state index in [4.69, 9.17) is 5.26 Å². The van der Waals surface area contributed by atoms with Crippen molar-refractivity contribution >= 4 is 5.91 Å². The van der Waals surface area contributed by atoms with E-state index < -0.39 is 0 Å². The highest BCUT2D eigenvalue weighted by Crippen LogP contribution is 2.43. The fourth-order valence-corrected chi connectivity index (χ4v) is 3.10. The fourth-order valence-electron chi connectivity index (χ4n) is 3.10. The molecule has 0 bridgehead atoms. The molecule has 0 aromatic heterocycles. The van der Waals surface area contributed by atoms with Gasteiger partial charge in [-0.3, -0.25) is 4.79 Å². The van der Waals surface area contributed by atoms with Crippen LogP contribution in [0.3, 0.4) is 0 Å². The Kier molecular flexibility index (Phi) is 5.65. The summed E-state index contributed by atoms with van der Waals surface area (Å²) in [6, 6.07) is 2.17. The summed E-state index contributed by atoms with van der Waals surface area (Å²) < 4.78 is 0. The third-order valence-electron chi connectivity index (χ3n) is 4.01. The van der Waals surface area contributed by atoms with Crippen molar-refractivity contribution in [1.29, 1.82) is 5.26 Å². The summed E-state index contributed by atoms with van der Waals surface area (Å²) in [5.74, 6) is 0.737. The number of amides is 1. The summed E-state index contributed by atoms with van der Waals surface area (Å²) in [5, 5.41) is 11.8. The average Bonchev–Trinajstić information content (AvgIpc) is 2.77. The zero-order valence-electron chi connectivity index (χ0n) is 12.0. The van der Waals surface area contributed by atoms with Crippen LogP contribution in [0.5, 0.6) is 0 Å². The first-order valence-electron chi connectivity index (χ1n) is 7.22. The molecule has 1 amide bonds. The van der Waals surface area contributed by atoms with Crippen LogP contribution < -0.4 is 5.32 Å². The zero-order chi connectivity index (χ0) is 13.6. The molecule has 1 saturated carbocycles. The first-order valence-corrected chi connectivity index (χ1v) is 7.22. The number of nitrogens with one attached hydrogen (secondary N) is 1. The number of hydrogen-bond donors (Lipinski definition) is 1. The highest BCUT2D eigenvalue weighted by Gasteiger charge is 2.41. The van der Waals surface area contributed by atoms with Crippen molar-refractivity contribution in [2.75, 3.05) is 0 Å². The van der Waals surface area contributed by atoms with E-state index in [-0.39, 0.29) is 17.4 Å². The Morgan fingerprint density at radius 1 is 1.39 bits per heavy atom. The van der Waals surface area contributed by atoms with Gasteiger partial charge >= 0.3 is 0 Å². The summed E-state index contributed by atoms with van der Waals surface area (Å²) in [6.07, 6.45) is 6.57. The second-order valence-corrected chi connectivity index (χ2v) is 6.03. The van der Waals surface area contributed by atoms with E-state index in [1.54, 1.807) is 0 Å². The Hall–Kier alpha value is -1.04. The van der Waals surface area contributed by atoms with Crippen LogP contribution in [-0.4, -0.2) is 11.9 Å². The SMILES string of the molecule is CCC(CC#N)NC(=O)C1(CC(C)C)CCCC1. The lowest BCUT2D eigenvalue weighted by molar-refractivity contribution is -0.132. The molecule has 1 aliphatic rings. The quantitative estimate of drug-likeness (QED) is 0.785. The third-order valence-corrected chi connectivity index (χ3v) is 4.01. The predicted octanol–water partition coefficient (Wildman–Crippen LogP) is 3.40. The van der Waals surface area contributed by atoms with Crippen LogP contribution in [0.4, 0.5) is 0 Å². The highest BCUT2D eigenvalue weighted by atomic mass is 16.2. The van der Waals surface area contributed by atoms with Crippen LogP contribution in [0, 0.1) is 22.7 Å². The number of carbonyl (C=O) groups is 1. The Balaban J connectivity index is 2.68. The molecule has 102 valence electrons. The predicted molar refractivity (Wildman–Crippen MR) is 72.8 cm³/mol. The number of hydrogen-bond acceptors (Lipinski definition) is 2. The summed E-state index contributed by atoms with van der Waals surface area (Å²) >= 11 is 0. The topological polar surface area (TPSA) is 52.9 Å². The van der Waals surface area contributed by atoms with E-state index in [1.807, 2.05) is 6.92 Å². The van der Waals surface area contributed by atoms with Crippen LogP contribution in [0.25, 0.3) is 0 Å². The number of rotatable bonds is 6. The Morgan fingerprint density at radius 3 is 2.44 bits per heavy atom. The van der Waals surface area contributed by atoms with E-state index >= 15 is 0 Å². The fraction of sp³-hybridized carbons (Fsp3) is 0.867. The van der Waals surface area contributed by atoms with Crippen molar-refractivity contribution in [3.63, 3.8) is 0 Å². The van der Waals surface area contributed by atoms with Gasteiger partial charge in [0.05, 0.1) is 12.5 Å². The third kappa shape index (κ3) is 3.73. The first kappa shape index (κ1) is 15.0. The highest BCUT2D eigenvalue weighted by molar-refractivity contribution is 5.83. The molecule has 0 aromatic rings. The molecular formula is C15H26N2O. The molecule has 3 heteroatoms. The molecule has 1 aliphatic carbocycles. The minimum Gasteiger partial charge on any atom is -0.352 e. The number of nitriles is 1. The van der Waals surface area contributed by atoms with Gasteiger partial charge in [-0.1, -0.05) is 33.6 Å². The molecule has 1 fully saturated rings. The van der Waals surface area contributed by atoms with Crippen LogP contribution in [0.15, 0.2) is 0 Å². The first-order chi connectivity index (χ1) is 8.54. The van der Waals surface area contributed by atoms with Gasteiger partial charge in [0.15, 0.2) is 0 Å². The summed E-state index contributed by atoms with van der Waals surface area (Å²) in [4.78, 5) is 12.5. The molecule has 3 nitrogen and oxygen atoms in total. The summed E-state index contributed by atoms with van der Waals surface area (Å²) in [7, 11) is 0. The van der Waals surface area contributed by atoms with Crippen LogP contribution in [-0.2, 0) is 4.79 Å². The molecule has 0 aliphatic heterocycles. The lowest BCUT2D eigenvalue weighted by Gasteiger charge is -2.31. The van der Waals surface area contributed by atoms with Gasteiger partial charge in [0, 0.05) is 11.5 Å². The summed E-state index contributed by atoms with van der Waals surface area (Å²) in [6.45, 7) is 6.38. The van der Waals surface area contributed by atoms with Crippen LogP contribution in [0.2, 0.25) is 0 Å². The van der Waals surface area contributed by atoms with Crippen molar-refractivity contribution in [3.05, 3.63) is 0 Å². The van der Waals surface area contributed by atoms with Crippen molar-refractivity contribution < 1.29 is 4.79 Å². The molecule has 1 atom stereocenters. The molecule has 1 rings (SSSR count). The molecule has 0 saturated heterocycles. The van der Waals surface area contributed by atoms with Gasteiger partial charge < -0.3 is 5.32 Å². The molecule has 0 radical (unpaired) electrons. The minimum atomic E-state index is -0.156. The van der Waals surface area contributed by atoms with E-state index in [0.29, 0.717) is 12.3 Å². The van der Waals surface area contributed by atoms with Crippen molar-refractivity contribution in [1.82, 2.24) is 5.32 Å². The second kappa shape index (κ2) is 6.78. The van der Waals surface area contributed by atoms with Crippen molar-refractivity contribution in [2.45, 2.75) is 71.8 Å². The van der Waals surface area contributed by atoms with Gasteiger partial charge in [0.25, 0.3) is 0 Å². The monoisotopic (exact) mass is 250 g/mol. The standard InChI is InChI=1S/C15H26N2O/c1-4-13(7-10-16)17-14(18)15(11-12(2)3)8-5-6-9-15/h12-13H,4-9,11H2,1-3H3,(H,17,18). The maximum absolute atomic E-state index is 12.5. The van der Waals surface area contributed by atoms with Crippen molar-refractivity contribution in [3.8, 4) is 6.07 Å². The van der Waals surface area contributed by atoms with Gasteiger partial charge in [0.1, 0.15) is 0 Å². The maximum atomic E-state index is 12.5. The Labute approximate surface area is 111 Å². The largest absolute Gasteiger partial charge is 0.352 e.